The molecule has 2 rings (SSSR count). The Kier molecular flexibility index (Phi) is 4.57. The first-order chi connectivity index (χ1) is 10.1. The maximum Gasteiger partial charge on any atom is 0.290 e. The average molecular weight is 290 g/mol. The number of amides is 2. The van der Waals surface area contributed by atoms with Crippen LogP contribution in [0.25, 0.3) is 5.69 Å². The van der Waals surface area contributed by atoms with E-state index >= 15 is 0 Å². The zero-order valence-electron chi connectivity index (χ0n) is 11.3. The Morgan fingerprint density at radius 1 is 1.33 bits per heavy atom. The van der Waals surface area contributed by atoms with Crippen LogP contribution in [0.3, 0.4) is 0 Å². The summed E-state index contributed by atoms with van der Waals surface area (Å²) < 4.78 is 5.00. The summed E-state index contributed by atoms with van der Waals surface area (Å²) in [5, 5.41) is 13.7. The summed E-state index contributed by atoms with van der Waals surface area (Å²) >= 11 is 0. The number of hydrogen-bond acceptors (Lipinski definition) is 6. The molecular formula is C12H14N6O3. The molecule has 2 amide bonds. The zero-order chi connectivity index (χ0) is 15.2. The quantitative estimate of drug-likeness (QED) is 0.754. The minimum atomic E-state index is -0.749. The van der Waals surface area contributed by atoms with Crippen LogP contribution in [0.15, 0.2) is 24.3 Å². The number of nitrogens with zero attached hydrogens (tertiary/aromatic N) is 4. The fraction of sp³-hybridized carbons (Fsp3) is 0.250. The molecule has 3 N–H and O–H groups in total. The van der Waals surface area contributed by atoms with E-state index in [9.17, 15) is 9.59 Å². The molecular weight excluding hydrogens is 276 g/mol. The fourth-order valence-corrected chi connectivity index (χ4v) is 1.49. The van der Waals surface area contributed by atoms with Crippen LogP contribution in [0, 0.1) is 0 Å². The van der Waals surface area contributed by atoms with E-state index in [0.29, 0.717) is 18.0 Å². The van der Waals surface area contributed by atoms with Crippen LogP contribution in [0.2, 0.25) is 0 Å². The van der Waals surface area contributed by atoms with E-state index in [1.807, 2.05) is 6.92 Å². The number of carbonyl (C=O) groups is 2. The Bertz CT molecular complexity index is 637. The second-order valence-electron chi connectivity index (χ2n) is 4.00. The summed E-state index contributed by atoms with van der Waals surface area (Å²) in [6.07, 6.45) is 0. The summed E-state index contributed by atoms with van der Waals surface area (Å²) in [5.74, 6) is -1.15. The normalized spacial score (nSPS) is 10.3. The number of nitrogens with two attached hydrogens (primary N) is 1. The van der Waals surface area contributed by atoms with Gasteiger partial charge in [-0.3, -0.25) is 9.59 Å². The number of ether oxygens (including phenoxy) is 1. The third kappa shape index (κ3) is 3.83. The fourth-order valence-electron chi connectivity index (χ4n) is 1.49. The third-order valence-corrected chi connectivity index (χ3v) is 2.45. The highest BCUT2D eigenvalue weighted by Crippen LogP contribution is 2.11. The van der Waals surface area contributed by atoms with E-state index in [1.54, 1.807) is 24.3 Å². The average Bonchev–Trinajstić information content (AvgIpc) is 2.96. The van der Waals surface area contributed by atoms with Gasteiger partial charge in [0.2, 0.25) is 5.91 Å². The number of benzene rings is 1. The predicted octanol–water partition coefficient (Wildman–Crippen LogP) is -0.264. The number of hydrogen-bond donors (Lipinski definition) is 2. The summed E-state index contributed by atoms with van der Waals surface area (Å²) in [7, 11) is 0. The van der Waals surface area contributed by atoms with Gasteiger partial charge in [0, 0.05) is 12.3 Å². The Morgan fingerprint density at radius 2 is 2.05 bits per heavy atom. The Balaban J connectivity index is 2.04. The van der Waals surface area contributed by atoms with Gasteiger partial charge in [-0.2, -0.15) is 0 Å². The van der Waals surface area contributed by atoms with Crippen molar-refractivity contribution in [2.24, 2.45) is 5.73 Å². The molecule has 0 fully saturated rings. The first-order valence-electron chi connectivity index (χ1n) is 6.18. The van der Waals surface area contributed by atoms with Crippen LogP contribution in [-0.4, -0.2) is 45.2 Å². The number of aromatic nitrogens is 4. The second kappa shape index (κ2) is 6.57. The topological polar surface area (TPSA) is 125 Å². The van der Waals surface area contributed by atoms with E-state index < -0.39 is 5.91 Å². The van der Waals surface area contributed by atoms with Gasteiger partial charge >= 0.3 is 0 Å². The lowest BCUT2D eigenvalue weighted by atomic mass is 10.3. The molecule has 1 aromatic heterocycles. The van der Waals surface area contributed by atoms with Gasteiger partial charge < -0.3 is 15.8 Å². The number of primary amides is 1. The molecule has 0 radical (unpaired) electrons. The maximum atomic E-state index is 11.5. The molecule has 0 saturated carbocycles. The molecule has 0 bridgehead atoms. The SMILES string of the molecule is CCOCC(=O)Nc1ccc(-n2nnc(C(N)=O)n2)cc1. The van der Waals surface area contributed by atoms with E-state index in [2.05, 4.69) is 20.7 Å². The van der Waals surface area contributed by atoms with E-state index in [1.165, 1.54) is 4.80 Å². The van der Waals surface area contributed by atoms with Crippen LogP contribution in [-0.2, 0) is 9.53 Å². The lowest BCUT2D eigenvalue weighted by Gasteiger charge is -2.05. The van der Waals surface area contributed by atoms with Crippen molar-refractivity contribution >= 4 is 17.5 Å². The van der Waals surface area contributed by atoms with E-state index in [-0.39, 0.29) is 18.3 Å². The second-order valence-corrected chi connectivity index (χ2v) is 4.00. The highest BCUT2D eigenvalue weighted by molar-refractivity contribution is 5.91. The molecule has 0 saturated heterocycles. The monoisotopic (exact) mass is 290 g/mol. The number of anilines is 1. The summed E-state index contributed by atoms with van der Waals surface area (Å²) in [6.45, 7) is 2.30. The van der Waals surface area contributed by atoms with Gasteiger partial charge in [0.1, 0.15) is 6.61 Å². The van der Waals surface area contributed by atoms with Crippen molar-refractivity contribution in [1.29, 1.82) is 0 Å². The third-order valence-electron chi connectivity index (χ3n) is 2.45. The molecule has 0 unspecified atom stereocenters. The first-order valence-corrected chi connectivity index (χ1v) is 6.18. The van der Waals surface area contributed by atoms with Crippen LogP contribution in [0.5, 0.6) is 0 Å². The van der Waals surface area contributed by atoms with Gasteiger partial charge in [-0.25, -0.2) is 0 Å². The molecule has 0 spiro atoms. The Morgan fingerprint density at radius 3 is 2.62 bits per heavy atom. The van der Waals surface area contributed by atoms with Crippen molar-refractivity contribution < 1.29 is 14.3 Å². The molecule has 0 aliphatic carbocycles. The Hall–Kier alpha value is -2.81. The van der Waals surface area contributed by atoms with Crippen molar-refractivity contribution in [3.05, 3.63) is 30.1 Å². The molecule has 9 nitrogen and oxygen atoms in total. The van der Waals surface area contributed by atoms with Gasteiger partial charge in [0.15, 0.2) is 0 Å². The number of tetrazole rings is 1. The molecule has 0 aliphatic rings. The molecule has 110 valence electrons. The number of nitrogens with one attached hydrogen (secondary N) is 1. The van der Waals surface area contributed by atoms with Crippen LogP contribution >= 0.6 is 0 Å². The van der Waals surface area contributed by atoms with Crippen molar-refractivity contribution in [2.45, 2.75) is 6.92 Å². The van der Waals surface area contributed by atoms with Gasteiger partial charge in [-0.15, -0.1) is 15.0 Å². The standard InChI is InChI=1S/C12H14N6O3/c1-2-21-7-10(19)14-8-3-5-9(6-4-8)18-16-12(11(13)20)15-17-18/h3-6H,2,7H2,1H3,(H2,13,20)(H,14,19). The minimum Gasteiger partial charge on any atom is -0.372 e. The van der Waals surface area contributed by atoms with Crippen LogP contribution < -0.4 is 11.1 Å². The largest absolute Gasteiger partial charge is 0.372 e. The minimum absolute atomic E-state index is 0.00482. The molecule has 1 heterocycles. The van der Waals surface area contributed by atoms with Gasteiger partial charge in [-0.1, -0.05) is 0 Å². The summed E-state index contributed by atoms with van der Waals surface area (Å²) in [4.78, 5) is 23.5. The molecule has 1 aromatic carbocycles. The Labute approximate surface area is 120 Å². The predicted molar refractivity (Wildman–Crippen MR) is 72.8 cm³/mol. The smallest absolute Gasteiger partial charge is 0.290 e. The van der Waals surface area contributed by atoms with Crippen molar-refractivity contribution in [3.8, 4) is 5.69 Å². The highest BCUT2D eigenvalue weighted by atomic mass is 16.5. The van der Waals surface area contributed by atoms with E-state index in [0.717, 1.165) is 0 Å². The summed E-state index contributed by atoms with van der Waals surface area (Å²) in [6, 6.07) is 6.68. The van der Waals surface area contributed by atoms with Gasteiger partial charge in [0.25, 0.3) is 11.7 Å². The van der Waals surface area contributed by atoms with Crippen molar-refractivity contribution in [2.75, 3.05) is 18.5 Å². The molecule has 0 atom stereocenters. The van der Waals surface area contributed by atoms with E-state index in [4.69, 9.17) is 10.5 Å². The van der Waals surface area contributed by atoms with Crippen molar-refractivity contribution in [3.63, 3.8) is 0 Å². The molecule has 21 heavy (non-hydrogen) atoms. The van der Waals surface area contributed by atoms with Crippen LogP contribution in [0.1, 0.15) is 17.5 Å². The molecule has 0 aliphatic heterocycles. The first kappa shape index (κ1) is 14.6. The summed E-state index contributed by atoms with van der Waals surface area (Å²) in [5.41, 5.74) is 6.24. The number of carbonyl (C=O) groups excluding carboxylic acids is 2. The number of rotatable bonds is 6. The van der Waals surface area contributed by atoms with Gasteiger partial charge in [0.05, 0.1) is 5.69 Å². The molecule has 9 heteroatoms. The lowest BCUT2D eigenvalue weighted by Crippen LogP contribution is -2.18. The van der Waals surface area contributed by atoms with Crippen molar-refractivity contribution in [1.82, 2.24) is 20.2 Å². The zero-order valence-corrected chi connectivity index (χ0v) is 11.3. The lowest BCUT2D eigenvalue weighted by molar-refractivity contribution is -0.120. The molecule has 2 aromatic rings. The van der Waals surface area contributed by atoms with Gasteiger partial charge in [-0.05, 0) is 36.4 Å². The van der Waals surface area contributed by atoms with Crippen LogP contribution in [0.4, 0.5) is 5.69 Å². The maximum absolute atomic E-state index is 11.5. The highest BCUT2D eigenvalue weighted by Gasteiger charge is 2.09.